The van der Waals surface area contributed by atoms with Gasteiger partial charge in [-0.05, 0) is 24.1 Å². The maximum atomic E-state index is 12.4. The lowest BCUT2D eigenvalue weighted by molar-refractivity contribution is -0.137. The third-order valence-corrected chi connectivity index (χ3v) is 3.37. The van der Waals surface area contributed by atoms with Crippen molar-refractivity contribution in [2.24, 2.45) is 0 Å². The van der Waals surface area contributed by atoms with Crippen LogP contribution in [0, 0.1) is 0 Å². The highest BCUT2D eigenvalue weighted by Gasteiger charge is 2.31. The molecule has 21 heavy (non-hydrogen) atoms. The topological polar surface area (TPSA) is 49.4 Å². The summed E-state index contributed by atoms with van der Waals surface area (Å²) in [5, 5.41) is 2.57. The molecule has 1 atom stereocenters. The van der Waals surface area contributed by atoms with E-state index in [-0.39, 0.29) is 18.4 Å². The molecule has 114 valence electrons. The normalized spacial score (nSPS) is 18.5. The zero-order valence-corrected chi connectivity index (χ0v) is 11.4. The van der Waals surface area contributed by atoms with E-state index in [2.05, 4.69) is 5.32 Å². The van der Waals surface area contributed by atoms with Gasteiger partial charge < -0.3 is 10.2 Å². The summed E-state index contributed by atoms with van der Waals surface area (Å²) in [6.45, 7) is 0.198. The fourth-order valence-electron chi connectivity index (χ4n) is 2.22. The van der Waals surface area contributed by atoms with E-state index in [1.807, 2.05) is 0 Å². The first-order valence-corrected chi connectivity index (χ1v) is 6.48. The van der Waals surface area contributed by atoms with Gasteiger partial charge in [-0.3, -0.25) is 9.59 Å². The van der Waals surface area contributed by atoms with Crippen molar-refractivity contribution in [3.8, 4) is 0 Å². The van der Waals surface area contributed by atoms with Gasteiger partial charge in [0.05, 0.1) is 5.56 Å². The monoisotopic (exact) mass is 300 g/mol. The number of likely N-dealkylation sites (N-methyl/N-ethyl adjacent to an activating group) is 1. The highest BCUT2D eigenvalue weighted by Crippen LogP contribution is 2.29. The standard InChI is InChI=1S/C14H15F3N2O2/c1-19(13(21)11-6-7-12(20)18-11)8-9-2-4-10(5-3-9)14(15,16)17/h2-5,11H,6-8H2,1H3,(H,18,20). The number of alkyl halides is 3. The number of carbonyl (C=O) groups is 2. The van der Waals surface area contributed by atoms with Gasteiger partial charge in [0, 0.05) is 20.0 Å². The summed E-state index contributed by atoms with van der Waals surface area (Å²) in [5.41, 5.74) is -0.119. The van der Waals surface area contributed by atoms with E-state index in [9.17, 15) is 22.8 Å². The first-order valence-electron chi connectivity index (χ1n) is 6.48. The molecular weight excluding hydrogens is 285 g/mol. The quantitative estimate of drug-likeness (QED) is 0.927. The Bertz CT molecular complexity index is 540. The molecule has 0 saturated carbocycles. The van der Waals surface area contributed by atoms with Gasteiger partial charge in [-0.2, -0.15) is 13.2 Å². The summed E-state index contributed by atoms with van der Waals surface area (Å²) in [4.78, 5) is 24.5. The van der Waals surface area contributed by atoms with Crippen LogP contribution in [-0.4, -0.2) is 29.8 Å². The highest BCUT2D eigenvalue weighted by atomic mass is 19.4. The lowest BCUT2D eigenvalue weighted by atomic mass is 10.1. The van der Waals surface area contributed by atoms with Crippen LogP contribution < -0.4 is 5.32 Å². The van der Waals surface area contributed by atoms with Crippen LogP contribution in [0.4, 0.5) is 13.2 Å². The number of benzene rings is 1. The second-order valence-corrected chi connectivity index (χ2v) is 5.05. The molecule has 1 heterocycles. The number of carbonyl (C=O) groups excluding carboxylic acids is 2. The van der Waals surface area contributed by atoms with E-state index >= 15 is 0 Å². The molecule has 1 fully saturated rings. The molecule has 0 aromatic heterocycles. The van der Waals surface area contributed by atoms with Crippen LogP contribution in [0.5, 0.6) is 0 Å². The lowest BCUT2D eigenvalue weighted by Crippen LogP contribution is -2.42. The van der Waals surface area contributed by atoms with Crippen molar-refractivity contribution in [2.45, 2.75) is 31.6 Å². The number of nitrogens with one attached hydrogen (secondary N) is 1. The third kappa shape index (κ3) is 3.74. The summed E-state index contributed by atoms with van der Waals surface area (Å²) in [6.07, 6.45) is -3.59. The summed E-state index contributed by atoms with van der Waals surface area (Å²) < 4.78 is 37.3. The fourth-order valence-corrected chi connectivity index (χ4v) is 2.22. The average molecular weight is 300 g/mol. The Hall–Kier alpha value is -2.05. The molecule has 1 aromatic carbocycles. The van der Waals surface area contributed by atoms with Gasteiger partial charge in [-0.15, -0.1) is 0 Å². The van der Waals surface area contributed by atoms with Crippen molar-refractivity contribution in [2.75, 3.05) is 7.05 Å². The van der Waals surface area contributed by atoms with Crippen LogP contribution in [0.15, 0.2) is 24.3 Å². The number of nitrogens with zero attached hydrogens (tertiary/aromatic N) is 1. The number of amides is 2. The molecule has 1 aliphatic heterocycles. The first kappa shape index (κ1) is 15.3. The second-order valence-electron chi connectivity index (χ2n) is 5.05. The van der Waals surface area contributed by atoms with Gasteiger partial charge in [0.25, 0.3) is 0 Å². The van der Waals surface area contributed by atoms with Gasteiger partial charge in [0.2, 0.25) is 11.8 Å². The van der Waals surface area contributed by atoms with Crippen molar-refractivity contribution >= 4 is 11.8 Å². The summed E-state index contributed by atoms with van der Waals surface area (Å²) >= 11 is 0. The molecule has 0 spiro atoms. The van der Waals surface area contributed by atoms with E-state index in [0.29, 0.717) is 18.4 Å². The minimum absolute atomic E-state index is 0.156. The Kier molecular flexibility index (Phi) is 4.20. The lowest BCUT2D eigenvalue weighted by Gasteiger charge is -2.21. The Labute approximate surface area is 119 Å². The van der Waals surface area contributed by atoms with Gasteiger partial charge in [-0.1, -0.05) is 12.1 Å². The summed E-state index contributed by atoms with van der Waals surface area (Å²) in [5.74, 6) is -0.392. The van der Waals surface area contributed by atoms with E-state index in [1.54, 1.807) is 7.05 Å². The van der Waals surface area contributed by atoms with E-state index in [4.69, 9.17) is 0 Å². The molecular formula is C14H15F3N2O2. The second kappa shape index (κ2) is 5.75. The van der Waals surface area contributed by atoms with Gasteiger partial charge in [0.1, 0.15) is 6.04 Å². The summed E-state index contributed by atoms with van der Waals surface area (Å²) in [6, 6.07) is 4.15. The van der Waals surface area contributed by atoms with Gasteiger partial charge in [0.15, 0.2) is 0 Å². The van der Waals surface area contributed by atoms with Gasteiger partial charge >= 0.3 is 6.18 Å². The van der Waals surface area contributed by atoms with E-state index in [1.165, 1.54) is 17.0 Å². The molecule has 1 aliphatic rings. The minimum atomic E-state index is -4.37. The number of rotatable bonds is 3. The molecule has 1 N–H and O–H groups in total. The number of hydrogen-bond donors (Lipinski definition) is 1. The van der Waals surface area contributed by atoms with E-state index < -0.39 is 17.8 Å². The fraction of sp³-hybridized carbons (Fsp3) is 0.429. The van der Waals surface area contributed by atoms with Crippen LogP contribution in [0.25, 0.3) is 0 Å². The summed E-state index contributed by atoms with van der Waals surface area (Å²) in [7, 11) is 1.56. The predicted molar refractivity (Wildman–Crippen MR) is 69.1 cm³/mol. The van der Waals surface area contributed by atoms with Crippen molar-refractivity contribution < 1.29 is 22.8 Å². The predicted octanol–water partition coefficient (Wildman–Crippen LogP) is 1.94. The molecule has 4 nitrogen and oxygen atoms in total. The zero-order valence-electron chi connectivity index (χ0n) is 11.4. The molecule has 1 unspecified atom stereocenters. The SMILES string of the molecule is CN(Cc1ccc(C(F)(F)F)cc1)C(=O)C1CCC(=O)N1. The zero-order chi connectivity index (χ0) is 15.6. The van der Waals surface area contributed by atoms with Crippen molar-refractivity contribution in [3.05, 3.63) is 35.4 Å². The van der Waals surface area contributed by atoms with Gasteiger partial charge in [-0.25, -0.2) is 0 Å². The number of hydrogen-bond acceptors (Lipinski definition) is 2. The molecule has 1 aromatic rings. The van der Waals surface area contributed by atoms with Crippen LogP contribution in [0.3, 0.4) is 0 Å². The highest BCUT2D eigenvalue weighted by molar-refractivity contribution is 5.90. The minimum Gasteiger partial charge on any atom is -0.344 e. The third-order valence-electron chi connectivity index (χ3n) is 3.37. The number of halogens is 3. The van der Waals surface area contributed by atoms with Crippen molar-refractivity contribution in [1.29, 1.82) is 0 Å². The maximum absolute atomic E-state index is 12.4. The van der Waals surface area contributed by atoms with Crippen LogP contribution in [0.2, 0.25) is 0 Å². The molecule has 0 aliphatic carbocycles. The smallest absolute Gasteiger partial charge is 0.344 e. The molecule has 0 radical (unpaired) electrons. The van der Waals surface area contributed by atoms with Crippen LogP contribution in [-0.2, 0) is 22.3 Å². The Morgan fingerprint density at radius 3 is 2.43 bits per heavy atom. The van der Waals surface area contributed by atoms with E-state index in [0.717, 1.165) is 12.1 Å². The Morgan fingerprint density at radius 1 is 1.33 bits per heavy atom. The average Bonchev–Trinajstić information content (AvgIpc) is 2.84. The van der Waals surface area contributed by atoms with Crippen LogP contribution >= 0.6 is 0 Å². The molecule has 1 saturated heterocycles. The molecule has 2 rings (SSSR count). The molecule has 0 bridgehead atoms. The first-order chi connectivity index (χ1) is 9.77. The molecule has 7 heteroatoms. The maximum Gasteiger partial charge on any atom is 0.416 e. The molecule has 2 amide bonds. The Morgan fingerprint density at radius 2 is 1.95 bits per heavy atom. The Balaban J connectivity index is 1.97. The largest absolute Gasteiger partial charge is 0.416 e. The van der Waals surface area contributed by atoms with Crippen molar-refractivity contribution in [3.63, 3.8) is 0 Å². The van der Waals surface area contributed by atoms with Crippen LogP contribution in [0.1, 0.15) is 24.0 Å². The van der Waals surface area contributed by atoms with Crippen molar-refractivity contribution in [1.82, 2.24) is 10.2 Å².